The Kier molecular flexibility index (Phi) is 4.20. The van der Waals surface area contributed by atoms with Crippen molar-refractivity contribution in [1.82, 2.24) is 19.5 Å². The maximum absolute atomic E-state index is 6.20. The summed E-state index contributed by atoms with van der Waals surface area (Å²) in [5.74, 6) is 2.07. The van der Waals surface area contributed by atoms with Gasteiger partial charge in [-0.15, -0.1) is 0 Å². The van der Waals surface area contributed by atoms with Crippen LogP contribution in [0.3, 0.4) is 0 Å². The van der Waals surface area contributed by atoms with Crippen LogP contribution < -0.4 is 0 Å². The lowest BCUT2D eigenvalue weighted by molar-refractivity contribution is 0.698. The smallest absolute Gasteiger partial charge is 0.135 e. The molecule has 0 saturated carbocycles. The van der Waals surface area contributed by atoms with Crippen LogP contribution in [0, 0.1) is 6.92 Å². The minimum atomic E-state index is 0.266. The number of nitrogens with zero attached hydrogens (tertiary/aromatic N) is 4. The summed E-state index contributed by atoms with van der Waals surface area (Å²) in [5.41, 5.74) is 1.90. The zero-order chi connectivity index (χ0) is 14.0. The Morgan fingerprint density at radius 1 is 1.32 bits per heavy atom. The van der Waals surface area contributed by atoms with Gasteiger partial charge < -0.3 is 4.57 Å². The largest absolute Gasteiger partial charge is 0.335 e. The van der Waals surface area contributed by atoms with Gasteiger partial charge in [0.2, 0.25) is 0 Å². The fourth-order valence-corrected chi connectivity index (χ4v) is 2.12. The van der Waals surface area contributed by atoms with Crippen LogP contribution in [0.5, 0.6) is 0 Å². The molecule has 19 heavy (non-hydrogen) atoms. The van der Waals surface area contributed by atoms with Gasteiger partial charge in [0.1, 0.15) is 16.8 Å². The summed E-state index contributed by atoms with van der Waals surface area (Å²) in [7, 11) is 0. The predicted octanol–water partition coefficient (Wildman–Crippen LogP) is 3.37. The third-order valence-electron chi connectivity index (χ3n) is 3.19. The molecule has 0 amide bonds. The van der Waals surface area contributed by atoms with Crippen molar-refractivity contribution in [2.75, 3.05) is 0 Å². The van der Waals surface area contributed by atoms with Crippen molar-refractivity contribution in [2.45, 2.75) is 46.6 Å². The van der Waals surface area contributed by atoms with Crippen molar-refractivity contribution in [2.24, 2.45) is 0 Å². The molecule has 0 radical (unpaired) electrons. The molecule has 2 aromatic rings. The molecule has 4 nitrogen and oxygen atoms in total. The molecule has 0 bridgehead atoms. The average Bonchev–Trinajstić information content (AvgIpc) is 2.81. The van der Waals surface area contributed by atoms with E-state index in [1.165, 1.54) is 0 Å². The van der Waals surface area contributed by atoms with E-state index in [-0.39, 0.29) is 5.92 Å². The first kappa shape index (κ1) is 14.0. The first-order valence-electron chi connectivity index (χ1n) is 6.55. The molecule has 0 aliphatic rings. The minimum Gasteiger partial charge on any atom is -0.335 e. The molecule has 2 heterocycles. The molecule has 0 spiro atoms. The summed E-state index contributed by atoms with van der Waals surface area (Å²) in [5, 5.41) is 0.545. The Morgan fingerprint density at radius 2 is 2.05 bits per heavy atom. The molecule has 2 aromatic heterocycles. The molecule has 5 heteroatoms. The van der Waals surface area contributed by atoms with E-state index in [2.05, 4.69) is 40.3 Å². The van der Waals surface area contributed by atoms with Gasteiger partial charge >= 0.3 is 0 Å². The summed E-state index contributed by atoms with van der Waals surface area (Å²) >= 11 is 6.20. The summed E-state index contributed by atoms with van der Waals surface area (Å²) in [6, 6.07) is 0. The molecule has 2 rings (SSSR count). The lowest BCUT2D eigenvalue weighted by atomic mass is 10.1. The molecule has 0 N–H and O–H groups in total. The average molecular weight is 279 g/mol. The van der Waals surface area contributed by atoms with Crippen molar-refractivity contribution in [3.63, 3.8) is 0 Å². The van der Waals surface area contributed by atoms with E-state index < -0.39 is 0 Å². The van der Waals surface area contributed by atoms with Gasteiger partial charge in [-0.05, 0) is 13.8 Å². The monoisotopic (exact) mass is 278 g/mol. The van der Waals surface area contributed by atoms with Crippen LogP contribution >= 0.6 is 11.6 Å². The van der Waals surface area contributed by atoms with Crippen LogP contribution in [-0.2, 0) is 13.0 Å². The fraction of sp³-hybridized carbons (Fsp3) is 0.500. The second-order valence-corrected chi connectivity index (χ2v) is 5.26. The Bertz CT molecular complexity index is 575. The quantitative estimate of drug-likeness (QED) is 0.806. The first-order valence-corrected chi connectivity index (χ1v) is 6.93. The van der Waals surface area contributed by atoms with E-state index in [4.69, 9.17) is 11.6 Å². The number of hydrogen-bond donors (Lipinski definition) is 0. The fourth-order valence-electron chi connectivity index (χ4n) is 1.93. The highest BCUT2D eigenvalue weighted by Crippen LogP contribution is 2.21. The Labute approximate surface area is 118 Å². The van der Waals surface area contributed by atoms with Gasteiger partial charge in [0.25, 0.3) is 0 Å². The van der Waals surface area contributed by atoms with Crippen LogP contribution in [0.15, 0.2) is 12.4 Å². The highest BCUT2D eigenvalue weighted by atomic mass is 35.5. The van der Waals surface area contributed by atoms with Crippen LogP contribution in [0.4, 0.5) is 0 Å². The van der Waals surface area contributed by atoms with Crippen LogP contribution in [-0.4, -0.2) is 19.5 Å². The standard InChI is InChI=1S/C14H19ClN4/c1-5-19-7-6-16-12(19)8-11-10(4)13(15)18-14(17-11)9(2)3/h6-7,9H,5,8H2,1-4H3. The minimum absolute atomic E-state index is 0.266. The number of aromatic nitrogens is 4. The second kappa shape index (κ2) is 5.70. The zero-order valence-corrected chi connectivity index (χ0v) is 12.6. The molecule has 0 aromatic carbocycles. The van der Waals surface area contributed by atoms with Gasteiger partial charge in [-0.2, -0.15) is 0 Å². The van der Waals surface area contributed by atoms with Crippen molar-refractivity contribution in [3.05, 3.63) is 40.5 Å². The predicted molar refractivity (Wildman–Crippen MR) is 76.6 cm³/mol. The van der Waals surface area contributed by atoms with E-state index in [0.717, 1.165) is 29.5 Å². The molecular formula is C14H19ClN4. The van der Waals surface area contributed by atoms with Gasteiger partial charge in [0.15, 0.2) is 0 Å². The maximum Gasteiger partial charge on any atom is 0.135 e. The number of halogens is 1. The highest BCUT2D eigenvalue weighted by Gasteiger charge is 2.14. The molecular weight excluding hydrogens is 260 g/mol. The number of aryl methyl sites for hydroxylation is 1. The molecule has 0 fully saturated rings. The molecule has 0 saturated heterocycles. The maximum atomic E-state index is 6.20. The van der Waals surface area contributed by atoms with Crippen molar-refractivity contribution in [1.29, 1.82) is 0 Å². The topological polar surface area (TPSA) is 43.6 Å². The third-order valence-corrected chi connectivity index (χ3v) is 3.56. The normalized spacial score (nSPS) is 11.3. The van der Waals surface area contributed by atoms with Crippen molar-refractivity contribution >= 4 is 11.6 Å². The lowest BCUT2D eigenvalue weighted by Gasteiger charge is -2.11. The summed E-state index contributed by atoms with van der Waals surface area (Å²) in [6.45, 7) is 9.10. The van der Waals surface area contributed by atoms with Crippen LogP contribution in [0.25, 0.3) is 0 Å². The van der Waals surface area contributed by atoms with E-state index in [0.29, 0.717) is 11.6 Å². The highest BCUT2D eigenvalue weighted by molar-refractivity contribution is 6.30. The molecule has 0 unspecified atom stereocenters. The molecule has 102 valence electrons. The number of hydrogen-bond acceptors (Lipinski definition) is 3. The Hall–Kier alpha value is -1.42. The third kappa shape index (κ3) is 2.95. The first-order chi connectivity index (χ1) is 9.02. The Balaban J connectivity index is 2.39. The molecule has 0 aliphatic heterocycles. The van der Waals surface area contributed by atoms with E-state index in [1.54, 1.807) is 0 Å². The van der Waals surface area contributed by atoms with Gasteiger partial charge in [0, 0.05) is 36.8 Å². The second-order valence-electron chi connectivity index (χ2n) is 4.91. The van der Waals surface area contributed by atoms with Gasteiger partial charge in [-0.3, -0.25) is 0 Å². The lowest BCUT2D eigenvalue weighted by Crippen LogP contribution is -2.09. The van der Waals surface area contributed by atoms with Gasteiger partial charge in [-0.25, -0.2) is 15.0 Å². The van der Waals surface area contributed by atoms with Crippen LogP contribution in [0.2, 0.25) is 5.15 Å². The number of imidazole rings is 1. The van der Waals surface area contributed by atoms with E-state index in [1.807, 2.05) is 19.3 Å². The molecule has 0 atom stereocenters. The van der Waals surface area contributed by atoms with E-state index >= 15 is 0 Å². The summed E-state index contributed by atoms with van der Waals surface area (Å²) in [4.78, 5) is 13.4. The Morgan fingerprint density at radius 3 is 2.68 bits per heavy atom. The van der Waals surface area contributed by atoms with Gasteiger partial charge in [0.05, 0.1) is 5.69 Å². The molecule has 0 aliphatic carbocycles. The summed E-state index contributed by atoms with van der Waals surface area (Å²) < 4.78 is 2.12. The zero-order valence-electron chi connectivity index (χ0n) is 11.8. The number of rotatable bonds is 4. The van der Waals surface area contributed by atoms with Gasteiger partial charge in [-0.1, -0.05) is 25.4 Å². The SMILES string of the molecule is CCn1ccnc1Cc1nc(C(C)C)nc(Cl)c1C. The van der Waals surface area contributed by atoms with Crippen LogP contribution in [0.1, 0.15) is 49.6 Å². The van der Waals surface area contributed by atoms with E-state index in [9.17, 15) is 0 Å². The van der Waals surface area contributed by atoms with Crippen molar-refractivity contribution in [3.8, 4) is 0 Å². The van der Waals surface area contributed by atoms with Crippen molar-refractivity contribution < 1.29 is 0 Å². The summed E-state index contributed by atoms with van der Waals surface area (Å²) in [6.07, 6.45) is 4.49.